The number of hydrogen-bond acceptors (Lipinski definition) is 3. The highest BCUT2D eigenvalue weighted by atomic mass is 32.2. The molecule has 22 heavy (non-hydrogen) atoms. The molecule has 1 aromatic rings. The van der Waals surface area contributed by atoms with Crippen molar-refractivity contribution in [2.24, 2.45) is 0 Å². The summed E-state index contributed by atoms with van der Waals surface area (Å²) < 4.78 is 25.2. The van der Waals surface area contributed by atoms with E-state index in [1.165, 1.54) is 10.6 Å². The molecule has 0 unspecified atom stereocenters. The van der Waals surface area contributed by atoms with Crippen molar-refractivity contribution in [3.05, 3.63) is 29.8 Å². The zero-order chi connectivity index (χ0) is 16.8. The predicted octanol–water partition coefficient (Wildman–Crippen LogP) is 2.46. The van der Waals surface area contributed by atoms with Crippen molar-refractivity contribution >= 4 is 21.6 Å². The molecule has 0 bridgehead atoms. The van der Waals surface area contributed by atoms with Crippen molar-refractivity contribution in [3.63, 3.8) is 0 Å². The second kappa shape index (κ2) is 8.17. The summed E-state index contributed by atoms with van der Waals surface area (Å²) in [5.41, 5.74) is 1.71. The number of carbonyl (C=O) groups excluding carboxylic acids is 1. The Morgan fingerprint density at radius 2 is 1.86 bits per heavy atom. The SMILES string of the molecule is CC[C@@H](C)NC(=O)CCCN(c1ccc(C)cc1)S(C)(=O)=O. The number of hydrogen-bond donors (Lipinski definition) is 1. The molecule has 0 aromatic heterocycles. The third-order valence-corrected chi connectivity index (χ3v) is 4.70. The number of anilines is 1. The van der Waals surface area contributed by atoms with Gasteiger partial charge in [0.25, 0.3) is 0 Å². The summed E-state index contributed by atoms with van der Waals surface area (Å²) in [7, 11) is -3.35. The van der Waals surface area contributed by atoms with Crippen LogP contribution in [0.4, 0.5) is 5.69 Å². The average Bonchev–Trinajstić information content (AvgIpc) is 2.43. The normalized spacial score (nSPS) is 12.7. The van der Waals surface area contributed by atoms with Gasteiger partial charge in [0.1, 0.15) is 0 Å². The summed E-state index contributed by atoms with van der Waals surface area (Å²) in [6, 6.07) is 7.48. The lowest BCUT2D eigenvalue weighted by molar-refractivity contribution is -0.121. The van der Waals surface area contributed by atoms with Crippen molar-refractivity contribution in [1.82, 2.24) is 5.32 Å². The van der Waals surface area contributed by atoms with E-state index in [0.29, 0.717) is 25.1 Å². The van der Waals surface area contributed by atoms with E-state index in [1.807, 2.05) is 32.9 Å². The fraction of sp³-hybridized carbons (Fsp3) is 0.562. The van der Waals surface area contributed by atoms with E-state index in [2.05, 4.69) is 5.32 Å². The minimum absolute atomic E-state index is 0.0355. The molecule has 1 aromatic carbocycles. The van der Waals surface area contributed by atoms with Gasteiger partial charge in [-0.3, -0.25) is 9.10 Å². The monoisotopic (exact) mass is 326 g/mol. The van der Waals surface area contributed by atoms with Gasteiger partial charge >= 0.3 is 0 Å². The number of rotatable bonds is 8. The lowest BCUT2D eigenvalue weighted by Gasteiger charge is -2.22. The minimum atomic E-state index is -3.35. The third kappa shape index (κ3) is 6.05. The maximum absolute atomic E-state index is 11.9. The van der Waals surface area contributed by atoms with Gasteiger partial charge in [-0.2, -0.15) is 0 Å². The van der Waals surface area contributed by atoms with Crippen LogP contribution in [0.25, 0.3) is 0 Å². The molecule has 0 aliphatic rings. The summed E-state index contributed by atoms with van der Waals surface area (Å²) in [5, 5.41) is 2.88. The van der Waals surface area contributed by atoms with E-state index in [0.717, 1.165) is 12.0 Å². The number of sulfonamides is 1. The molecule has 6 heteroatoms. The summed E-state index contributed by atoms with van der Waals surface area (Å²) in [6.07, 6.45) is 2.88. The molecule has 0 radical (unpaired) electrons. The second-order valence-electron chi connectivity index (χ2n) is 5.65. The van der Waals surface area contributed by atoms with Crippen LogP contribution < -0.4 is 9.62 Å². The molecule has 0 fully saturated rings. The van der Waals surface area contributed by atoms with Crippen molar-refractivity contribution in [2.75, 3.05) is 17.1 Å². The van der Waals surface area contributed by atoms with Crippen LogP contribution in [0.15, 0.2) is 24.3 Å². The molecular weight excluding hydrogens is 300 g/mol. The lowest BCUT2D eigenvalue weighted by Crippen LogP contribution is -2.34. The number of nitrogens with one attached hydrogen (secondary N) is 1. The summed E-state index contributed by atoms with van der Waals surface area (Å²) in [4.78, 5) is 11.7. The molecule has 0 saturated carbocycles. The van der Waals surface area contributed by atoms with Crippen LogP contribution in [0.2, 0.25) is 0 Å². The largest absolute Gasteiger partial charge is 0.354 e. The van der Waals surface area contributed by atoms with Gasteiger partial charge in [0.2, 0.25) is 15.9 Å². The van der Waals surface area contributed by atoms with Gasteiger partial charge in [-0.1, -0.05) is 24.6 Å². The fourth-order valence-electron chi connectivity index (χ4n) is 2.03. The highest BCUT2D eigenvalue weighted by Gasteiger charge is 2.17. The Hall–Kier alpha value is -1.56. The molecule has 0 aliphatic carbocycles. The standard InChI is InChI=1S/C16H26N2O3S/c1-5-14(3)17-16(19)7-6-12-18(22(4,20)21)15-10-8-13(2)9-11-15/h8-11,14H,5-7,12H2,1-4H3,(H,17,19)/t14-/m1/s1. The Bertz CT molecular complexity index is 582. The number of benzene rings is 1. The van der Waals surface area contributed by atoms with Crippen molar-refractivity contribution in [2.45, 2.75) is 46.1 Å². The van der Waals surface area contributed by atoms with Gasteiger partial charge in [-0.15, -0.1) is 0 Å². The predicted molar refractivity (Wildman–Crippen MR) is 90.5 cm³/mol. The fourth-order valence-corrected chi connectivity index (χ4v) is 3.00. The lowest BCUT2D eigenvalue weighted by atomic mass is 10.2. The van der Waals surface area contributed by atoms with Crippen LogP contribution in [0.3, 0.4) is 0 Å². The average molecular weight is 326 g/mol. The molecular formula is C16H26N2O3S. The molecule has 1 N–H and O–H groups in total. The molecule has 124 valence electrons. The highest BCUT2D eigenvalue weighted by Crippen LogP contribution is 2.18. The van der Waals surface area contributed by atoms with Gasteiger partial charge in [0.15, 0.2) is 0 Å². The maximum atomic E-state index is 11.9. The quantitative estimate of drug-likeness (QED) is 0.798. The zero-order valence-corrected chi connectivity index (χ0v) is 14.6. The molecule has 1 amide bonds. The Kier molecular flexibility index (Phi) is 6.87. The molecule has 5 nitrogen and oxygen atoms in total. The zero-order valence-electron chi connectivity index (χ0n) is 13.8. The number of aryl methyl sites for hydroxylation is 1. The van der Waals surface area contributed by atoms with E-state index in [9.17, 15) is 13.2 Å². The smallest absolute Gasteiger partial charge is 0.232 e. The Morgan fingerprint density at radius 1 is 1.27 bits per heavy atom. The van der Waals surface area contributed by atoms with Crippen LogP contribution >= 0.6 is 0 Å². The number of amides is 1. The first-order valence-electron chi connectivity index (χ1n) is 7.57. The van der Waals surface area contributed by atoms with E-state index in [4.69, 9.17) is 0 Å². The van der Waals surface area contributed by atoms with Crippen molar-refractivity contribution < 1.29 is 13.2 Å². The van der Waals surface area contributed by atoms with Gasteiger partial charge in [0.05, 0.1) is 11.9 Å². The molecule has 1 rings (SSSR count). The first kappa shape index (κ1) is 18.5. The Balaban J connectivity index is 2.65. The summed E-state index contributed by atoms with van der Waals surface area (Å²) in [5.74, 6) is -0.0355. The molecule has 1 atom stereocenters. The molecule has 0 aliphatic heterocycles. The van der Waals surface area contributed by atoms with Gasteiger partial charge < -0.3 is 5.32 Å². The highest BCUT2D eigenvalue weighted by molar-refractivity contribution is 7.92. The van der Waals surface area contributed by atoms with Crippen LogP contribution in [0.1, 0.15) is 38.7 Å². The Morgan fingerprint density at radius 3 is 2.36 bits per heavy atom. The van der Waals surface area contributed by atoms with Crippen molar-refractivity contribution in [1.29, 1.82) is 0 Å². The first-order valence-corrected chi connectivity index (χ1v) is 9.42. The second-order valence-corrected chi connectivity index (χ2v) is 7.56. The van der Waals surface area contributed by atoms with Gasteiger partial charge in [0, 0.05) is 19.0 Å². The van der Waals surface area contributed by atoms with Crippen molar-refractivity contribution in [3.8, 4) is 0 Å². The van der Waals surface area contributed by atoms with E-state index in [1.54, 1.807) is 12.1 Å². The molecule has 0 spiro atoms. The topological polar surface area (TPSA) is 66.5 Å². The third-order valence-electron chi connectivity index (χ3n) is 3.51. The first-order chi connectivity index (χ1) is 10.2. The summed E-state index contributed by atoms with van der Waals surface area (Å²) in [6.45, 7) is 6.21. The Labute approximate surface area is 133 Å². The van der Waals surface area contributed by atoms with E-state index >= 15 is 0 Å². The maximum Gasteiger partial charge on any atom is 0.232 e. The number of nitrogens with zero attached hydrogens (tertiary/aromatic N) is 1. The van der Waals surface area contributed by atoms with Crippen LogP contribution in [0.5, 0.6) is 0 Å². The van der Waals surface area contributed by atoms with E-state index < -0.39 is 10.0 Å². The minimum Gasteiger partial charge on any atom is -0.354 e. The molecule has 0 saturated heterocycles. The van der Waals surface area contributed by atoms with Crippen LogP contribution in [-0.4, -0.2) is 33.2 Å². The van der Waals surface area contributed by atoms with Crippen LogP contribution in [-0.2, 0) is 14.8 Å². The summed E-state index contributed by atoms with van der Waals surface area (Å²) >= 11 is 0. The van der Waals surface area contributed by atoms with Crippen LogP contribution in [0, 0.1) is 6.92 Å². The van der Waals surface area contributed by atoms with Gasteiger partial charge in [-0.05, 0) is 38.8 Å². The van der Waals surface area contributed by atoms with E-state index in [-0.39, 0.29) is 11.9 Å². The van der Waals surface area contributed by atoms with Gasteiger partial charge in [-0.25, -0.2) is 8.42 Å². The number of carbonyl (C=O) groups is 1. The molecule has 0 heterocycles.